The van der Waals surface area contributed by atoms with Crippen LogP contribution in [0.4, 0.5) is 10.5 Å². The van der Waals surface area contributed by atoms with E-state index in [0.717, 1.165) is 0 Å². The van der Waals surface area contributed by atoms with Crippen molar-refractivity contribution in [3.05, 3.63) is 63.2 Å². The van der Waals surface area contributed by atoms with Gasteiger partial charge in [0.15, 0.2) is 0 Å². The molecule has 0 radical (unpaired) electrons. The number of hydrogen-bond acceptors (Lipinski definition) is 6. The van der Waals surface area contributed by atoms with Crippen LogP contribution in [0.3, 0.4) is 0 Å². The molecule has 0 aliphatic carbocycles. The Hall–Kier alpha value is -3.33. The summed E-state index contributed by atoms with van der Waals surface area (Å²) >= 11 is 5.82. The molecule has 9 nitrogen and oxygen atoms in total. The molecule has 3 rings (SSSR count). The number of nitrogens with one attached hydrogen (secondary N) is 1. The first-order chi connectivity index (χ1) is 15.5. The summed E-state index contributed by atoms with van der Waals surface area (Å²) in [6, 6.07) is 10.4. The topological polar surface area (TPSA) is 111 Å². The smallest absolute Gasteiger partial charge is 0.410 e. The van der Waals surface area contributed by atoms with Crippen LogP contribution in [0.25, 0.3) is 0 Å². The molecule has 33 heavy (non-hydrogen) atoms. The number of nitro groups is 1. The molecule has 1 aliphatic rings. The molecule has 10 heteroatoms. The summed E-state index contributed by atoms with van der Waals surface area (Å²) in [6.45, 7) is 6.49. The molecule has 1 fully saturated rings. The van der Waals surface area contributed by atoms with E-state index in [4.69, 9.17) is 21.1 Å². The highest BCUT2D eigenvalue weighted by atomic mass is 35.5. The number of amides is 2. The number of hydrogen-bond donors (Lipinski definition) is 1. The quantitative estimate of drug-likeness (QED) is 0.471. The molecular formula is C23H26ClN3O6. The van der Waals surface area contributed by atoms with Gasteiger partial charge in [-0.2, -0.15) is 0 Å². The minimum atomic E-state index is -0.572. The number of nitrogens with zero attached hydrogens (tertiary/aromatic N) is 2. The number of benzene rings is 2. The maximum Gasteiger partial charge on any atom is 0.410 e. The summed E-state index contributed by atoms with van der Waals surface area (Å²) in [5.74, 6) is 0.163. The fourth-order valence-corrected chi connectivity index (χ4v) is 3.49. The van der Waals surface area contributed by atoms with E-state index in [0.29, 0.717) is 37.2 Å². The number of ether oxygens (including phenoxy) is 2. The van der Waals surface area contributed by atoms with Crippen molar-refractivity contribution in [2.24, 2.45) is 0 Å². The Morgan fingerprint density at radius 3 is 2.33 bits per heavy atom. The third kappa shape index (κ3) is 6.82. The van der Waals surface area contributed by atoms with Crippen LogP contribution < -0.4 is 10.1 Å². The number of likely N-dealkylation sites (tertiary alicyclic amines) is 1. The number of nitro benzene ring substituents is 1. The van der Waals surface area contributed by atoms with Gasteiger partial charge < -0.3 is 19.7 Å². The summed E-state index contributed by atoms with van der Waals surface area (Å²) in [7, 11) is 0. The molecule has 1 saturated heterocycles. The highest BCUT2D eigenvalue weighted by Crippen LogP contribution is 2.33. The van der Waals surface area contributed by atoms with Crippen molar-refractivity contribution in [2.75, 3.05) is 13.1 Å². The first-order valence-corrected chi connectivity index (χ1v) is 10.9. The summed E-state index contributed by atoms with van der Waals surface area (Å²) in [5, 5.41) is 14.4. The van der Waals surface area contributed by atoms with Crippen molar-refractivity contribution in [3.8, 4) is 11.5 Å². The summed E-state index contributed by atoms with van der Waals surface area (Å²) in [4.78, 5) is 37.0. The Morgan fingerprint density at radius 2 is 1.76 bits per heavy atom. The van der Waals surface area contributed by atoms with Gasteiger partial charge in [0, 0.05) is 35.8 Å². The van der Waals surface area contributed by atoms with E-state index in [-0.39, 0.29) is 34.5 Å². The predicted octanol–water partition coefficient (Wildman–Crippen LogP) is 5.17. The van der Waals surface area contributed by atoms with Gasteiger partial charge in [0.2, 0.25) is 5.75 Å². The zero-order chi connectivity index (χ0) is 24.2. The average Bonchev–Trinajstić information content (AvgIpc) is 2.74. The van der Waals surface area contributed by atoms with Gasteiger partial charge in [0.1, 0.15) is 11.4 Å². The van der Waals surface area contributed by atoms with Crippen LogP contribution in [0, 0.1) is 10.1 Å². The highest BCUT2D eigenvalue weighted by Gasteiger charge is 2.27. The molecule has 176 valence electrons. The summed E-state index contributed by atoms with van der Waals surface area (Å²) in [6.07, 6.45) is 0.919. The van der Waals surface area contributed by atoms with Crippen molar-refractivity contribution in [1.82, 2.24) is 10.2 Å². The van der Waals surface area contributed by atoms with Crippen molar-refractivity contribution in [3.63, 3.8) is 0 Å². The Kier molecular flexibility index (Phi) is 7.43. The van der Waals surface area contributed by atoms with Crippen molar-refractivity contribution in [2.45, 2.75) is 45.3 Å². The summed E-state index contributed by atoms with van der Waals surface area (Å²) < 4.78 is 11.0. The molecule has 1 N–H and O–H groups in total. The van der Waals surface area contributed by atoms with Crippen LogP contribution in [0.5, 0.6) is 11.5 Å². The third-order valence-corrected chi connectivity index (χ3v) is 5.18. The standard InChI is InChI=1S/C23H26ClN3O6/c1-23(2,3)33-22(29)26-12-10-17(11-13-26)25-21(28)15-4-7-18(8-5-15)32-20-9-6-16(24)14-19(20)27(30)31/h4-9,14,17H,10-13H2,1-3H3,(H,25,28). The third-order valence-electron chi connectivity index (χ3n) is 4.94. The van der Waals surface area contributed by atoms with Gasteiger partial charge >= 0.3 is 11.8 Å². The van der Waals surface area contributed by atoms with Crippen LogP contribution in [-0.4, -0.2) is 46.6 Å². The van der Waals surface area contributed by atoms with E-state index in [9.17, 15) is 19.7 Å². The van der Waals surface area contributed by atoms with E-state index in [2.05, 4.69) is 5.32 Å². The molecule has 1 aliphatic heterocycles. The maximum absolute atomic E-state index is 12.6. The SMILES string of the molecule is CC(C)(C)OC(=O)N1CCC(NC(=O)c2ccc(Oc3ccc(Cl)cc3[N+](=O)[O-])cc2)CC1. The number of carbonyl (C=O) groups is 2. The monoisotopic (exact) mass is 475 g/mol. The second kappa shape index (κ2) is 10.1. The van der Waals surface area contributed by atoms with Crippen molar-refractivity contribution in [1.29, 1.82) is 0 Å². The Bertz CT molecular complexity index is 1030. The van der Waals surface area contributed by atoms with Gasteiger partial charge in [-0.3, -0.25) is 14.9 Å². The largest absolute Gasteiger partial charge is 0.450 e. The zero-order valence-electron chi connectivity index (χ0n) is 18.7. The van der Waals surface area contributed by atoms with Gasteiger partial charge in [-0.1, -0.05) is 11.6 Å². The van der Waals surface area contributed by atoms with Crippen LogP contribution in [0.1, 0.15) is 44.0 Å². The normalized spacial score (nSPS) is 14.5. The average molecular weight is 476 g/mol. The fourth-order valence-electron chi connectivity index (χ4n) is 3.32. The Labute approximate surface area is 196 Å². The molecular weight excluding hydrogens is 450 g/mol. The fraction of sp³-hybridized carbons (Fsp3) is 0.391. The van der Waals surface area contributed by atoms with E-state index >= 15 is 0 Å². The number of carbonyl (C=O) groups excluding carboxylic acids is 2. The molecule has 2 amide bonds. The lowest BCUT2D eigenvalue weighted by Crippen LogP contribution is -2.47. The molecule has 0 atom stereocenters. The molecule has 0 aromatic heterocycles. The lowest BCUT2D eigenvalue weighted by molar-refractivity contribution is -0.385. The minimum Gasteiger partial charge on any atom is -0.450 e. The molecule has 2 aromatic rings. The first-order valence-electron chi connectivity index (χ1n) is 10.5. The minimum absolute atomic E-state index is 0.0520. The highest BCUT2D eigenvalue weighted by molar-refractivity contribution is 6.30. The second-order valence-electron chi connectivity index (χ2n) is 8.71. The van der Waals surface area contributed by atoms with E-state index < -0.39 is 10.5 Å². The Morgan fingerprint density at radius 1 is 1.12 bits per heavy atom. The van der Waals surface area contributed by atoms with Crippen LogP contribution in [-0.2, 0) is 4.74 Å². The summed E-state index contributed by atoms with van der Waals surface area (Å²) in [5.41, 5.74) is -0.360. The van der Waals surface area contributed by atoms with E-state index in [1.54, 1.807) is 29.2 Å². The number of piperidine rings is 1. The van der Waals surface area contributed by atoms with E-state index in [1.165, 1.54) is 18.2 Å². The van der Waals surface area contributed by atoms with Crippen LogP contribution in [0.2, 0.25) is 5.02 Å². The first kappa shape index (κ1) is 24.3. The van der Waals surface area contributed by atoms with Gasteiger partial charge in [-0.25, -0.2) is 4.79 Å². The molecule has 0 unspecified atom stereocenters. The second-order valence-corrected chi connectivity index (χ2v) is 9.15. The lowest BCUT2D eigenvalue weighted by atomic mass is 10.0. The maximum atomic E-state index is 12.6. The van der Waals surface area contributed by atoms with Crippen LogP contribution in [0.15, 0.2) is 42.5 Å². The molecule has 0 saturated carbocycles. The molecule has 1 heterocycles. The van der Waals surface area contributed by atoms with Gasteiger partial charge in [-0.15, -0.1) is 0 Å². The molecule has 2 aromatic carbocycles. The predicted molar refractivity (Wildman–Crippen MR) is 123 cm³/mol. The zero-order valence-corrected chi connectivity index (χ0v) is 19.4. The van der Waals surface area contributed by atoms with Gasteiger partial charge in [0.05, 0.1) is 4.92 Å². The van der Waals surface area contributed by atoms with Crippen LogP contribution >= 0.6 is 11.6 Å². The molecule has 0 bridgehead atoms. The van der Waals surface area contributed by atoms with Crippen molar-refractivity contribution < 1.29 is 24.0 Å². The lowest BCUT2D eigenvalue weighted by Gasteiger charge is -2.33. The van der Waals surface area contributed by atoms with Crippen molar-refractivity contribution >= 4 is 29.3 Å². The van der Waals surface area contributed by atoms with Gasteiger partial charge in [-0.05, 0) is 70.0 Å². The Balaban J connectivity index is 1.54. The number of rotatable bonds is 5. The number of halogens is 1. The van der Waals surface area contributed by atoms with Gasteiger partial charge in [0.25, 0.3) is 5.91 Å². The molecule has 0 spiro atoms. The van der Waals surface area contributed by atoms with E-state index in [1.807, 2.05) is 20.8 Å².